The predicted octanol–water partition coefficient (Wildman–Crippen LogP) is 7.00. The second-order valence-corrected chi connectivity index (χ2v) is 7.42. The molecule has 0 heterocycles. The zero-order valence-electron chi connectivity index (χ0n) is 14.8. The number of hydrogen-bond acceptors (Lipinski definition) is 2. The van der Waals surface area contributed by atoms with Gasteiger partial charge in [0, 0.05) is 0 Å². The van der Waals surface area contributed by atoms with Crippen LogP contribution in [0.1, 0.15) is 55.2 Å². The van der Waals surface area contributed by atoms with E-state index >= 15 is 0 Å². The van der Waals surface area contributed by atoms with Crippen LogP contribution >= 0.6 is 12.2 Å². The fourth-order valence-corrected chi connectivity index (χ4v) is 3.98. The smallest absolute Gasteiger partial charge is 0.0798 e. The molecule has 2 aromatic carbocycles. The summed E-state index contributed by atoms with van der Waals surface area (Å²) >= 11 is 4.75. The van der Waals surface area contributed by atoms with Crippen LogP contribution in [-0.2, 0) is 0 Å². The number of hydrogen-bond donors (Lipinski definition) is 0. The zero-order valence-corrected chi connectivity index (χ0v) is 15.6. The molecule has 0 aromatic heterocycles. The van der Waals surface area contributed by atoms with Crippen molar-refractivity contribution in [1.82, 2.24) is 0 Å². The van der Waals surface area contributed by atoms with Crippen LogP contribution in [0.15, 0.2) is 41.4 Å². The Morgan fingerprint density at radius 3 is 2.04 bits per heavy atom. The van der Waals surface area contributed by atoms with Gasteiger partial charge in [0.15, 0.2) is 0 Å². The van der Waals surface area contributed by atoms with Gasteiger partial charge in [-0.25, -0.2) is 0 Å². The number of aliphatic imine (C=N–C) groups is 1. The van der Waals surface area contributed by atoms with Crippen LogP contribution in [-0.4, -0.2) is 5.16 Å². The highest BCUT2D eigenvalue weighted by molar-refractivity contribution is 7.78. The molecule has 24 heavy (non-hydrogen) atoms. The Bertz CT molecular complexity index is 738. The van der Waals surface area contributed by atoms with E-state index in [0.29, 0.717) is 0 Å². The molecule has 2 heteroatoms. The molecule has 1 aliphatic rings. The van der Waals surface area contributed by atoms with Crippen molar-refractivity contribution in [1.29, 1.82) is 0 Å². The quantitative estimate of drug-likeness (QED) is 0.434. The van der Waals surface area contributed by atoms with Gasteiger partial charge in [-0.1, -0.05) is 44.0 Å². The van der Waals surface area contributed by atoms with Crippen LogP contribution in [0.25, 0.3) is 11.1 Å². The Labute approximate surface area is 150 Å². The minimum Gasteiger partial charge on any atom is -0.194 e. The van der Waals surface area contributed by atoms with E-state index in [1.807, 2.05) is 0 Å². The fourth-order valence-electron chi connectivity index (χ4n) is 3.89. The molecule has 1 aliphatic carbocycles. The molecule has 0 N–H and O–H groups in total. The van der Waals surface area contributed by atoms with Gasteiger partial charge in [0.1, 0.15) is 0 Å². The van der Waals surface area contributed by atoms with Crippen molar-refractivity contribution in [3.63, 3.8) is 0 Å². The maximum atomic E-state index is 4.75. The van der Waals surface area contributed by atoms with Crippen LogP contribution in [0.3, 0.4) is 0 Å². The Balaban J connectivity index is 1.84. The van der Waals surface area contributed by atoms with E-state index in [0.717, 1.165) is 28.7 Å². The van der Waals surface area contributed by atoms with E-state index in [4.69, 9.17) is 12.2 Å². The highest BCUT2D eigenvalue weighted by Crippen LogP contribution is 2.36. The molecule has 3 rings (SSSR count). The third-order valence-electron chi connectivity index (χ3n) is 5.38. The largest absolute Gasteiger partial charge is 0.194 e. The molecule has 2 aromatic rings. The van der Waals surface area contributed by atoms with Crippen LogP contribution in [0, 0.1) is 19.8 Å². The van der Waals surface area contributed by atoms with Crippen LogP contribution in [0.5, 0.6) is 0 Å². The lowest BCUT2D eigenvalue weighted by Crippen LogP contribution is -2.10. The normalized spacial score (nSPS) is 20.5. The number of aryl methyl sites for hydroxylation is 2. The molecule has 1 fully saturated rings. The van der Waals surface area contributed by atoms with Crippen LogP contribution in [0.4, 0.5) is 5.69 Å². The van der Waals surface area contributed by atoms with Gasteiger partial charge in [0.25, 0.3) is 0 Å². The first kappa shape index (κ1) is 17.1. The van der Waals surface area contributed by atoms with E-state index in [2.05, 4.69) is 67.3 Å². The van der Waals surface area contributed by atoms with Crippen LogP contribution < -0.4 is 0 Å². The Kier molecular flexibility index (Phi) is 5.28. The second-order valence-electron chi connectivity index (χ2n) is 7.24. The summed E-state index contributed by atoms with van der Waals surface area (Å²) in [6, 6.07) is 13.6. The molecule has 0 saturated heterocycles. The molecule has 124 valence electrons. The molecule has 0 unspecified atom stereocenters. The van der Waals surface area contributed by atoms with Gasteiger partial charge in [0.05, 0.1) is 10.8 Å². The van der Waals surface area contributed by atoms with E-state index in [1.165, 1.54) is 42.4 Å². The zero-order chi connectivity index (χ0) is 17.1. The lowest BCUT2D eigenvalue weighted by Gasteiger charge is -2.26. The number of rotatable bonds is 3. The third kappa shape index (κ3) is 3.66. The second kappa shape index (κ2) is 7.42. The summed E-state index contributed by atoms with van der Waals surface area (Å²) in [6.45, 7) is 6.54. The van der Waals surface area contributed by atoms with E-state index in [9.17, 15) is 0 Å². The lowest BCUT2D eigenvalue weighted by molar-refractivity contribution is 0.348. The first-order valence-electron chi connectivity index (χ1n) is 8.88. The number of thiocarbonyl (C=S) groups is 1. The number of isothiocyanates is 1. The van der Waals surface area contributed by atoms with Crippen molar-refractivity contribution in [2.24, 2.45) is 10.9 Å². The van der Waals surface area contributed by atoms with Gasteiger partial charge in [-0.3, -0.25) is 0 Å². The summed E-state index contributed by atoms with van der Waals surface area (Å²) in [5, 5.41) is 2.48. The van der Waals surface area contributed by atoms with Crippen molar-refractivity contribution in [3.8, 4) is 11.1 Å². The van der Waals surface area contributed by atoms with Crippen molar-refractivity contribution >= 4 is 23.1 Å². The highest BCUT2D eigenvalue weighted by atomic mass is 32.1. The van der Waals surface area contributed by atoms with Crippen molar-refractivity contribution in [3.05, 3.63) is 53.1 Å². The number of nitrogens with zero attached hydrogens (tertiary/aromatic N) is 1. The van der Waals surface area contributed by atoms with E-state index < -0.39 is 0 Å². The van der Waals surface area contributed by atoms with Gasteiger partial charge >= 0.3 is 0 Å². The molecule has 0 aliphatic heterocycles. The summed E-state index contributed by atoms with van der Waals surface area (Å²) in [7, 11) is 0. The molecule has 0 spiro atoms. The summed E-state index contributed by atoms with van der Waals surface area (Å²) in [5.74, 6) is 1.65. The average Bonchev–Trinajstić information content (AvgIpc) is 2.59. The van der Waals surface area contributed by atoms with Gasteiger partial charge in [-0.05, 0) is 90.7 Å². The molecule has 0 atom stereocenters. The molecule has 0 amide bonds. The molecule has 1 nitrogen and oxygen atoms in total. The SMILES string of the molecule is Cc1cc(-c2ccc(C3CCC(C)CC3)cc2)cc(C)c1N=C=S. The summed E-state index contributed by atoms with van der Waals surface area (Å²) in [4.78, 5) is 4.19. The third-order valence-corrected chi connectivity index (χ3v) is 5.47. The van der Waals surface area contributed by atoms with Crippen LogP contribution in [0.2, 0.25) is 0 Å². The molecular weight excluding hydrogens is 310 g/mol. The Hall–Kier alpha value is -1.76. The maximum absolute atomic E-state index is 4.75. The van der Waals surface area contributed by atoms with E-state index in [1.54, 1.807) is 0 Å². The first-order valence-corrected chi connectivity index (χ1v) is 9.28. The molecular formula is C22H25NS. The van der Waals surface area contributed by atoms with Gasteiger partial charge < -0.3 is 0 Å². The summed E-state index contributed by atoms with van der Waals surface area (Å²) in [5.41, 5.74) is 7.26. The van der Waals surface area contributed by atoms with Crippen molar-refractivity contribution in [2.75, 3.05) is 0 Å². The monoisotopic (exact) mass is 335 g/mol. The van der Waals surface area contributed by atoms with Gasteiger partial charge in [0.2, 0.25) is 0 Å². The van der Waals surface area contributed by atoms with E-state index in [-0.39, 0.29) is 0 Å². The summed E-state index contributed by atoms with van der Waals surface area (Å²) < 4.78 is 0. The molecule has 0 bridgehead atoms. The van der Waals surface area contributed by atoms with Gasteiger partial charge in [-0.2, -0.15) is 4.99 Å². The van der Waals surface area contributed by atoms with Crippen molar-refractivity contribution in [2.45, 2.75) is 52.4 Å². The number of benzene rings is 2. The molecule has 1 saturated carbocycles. The first-order chi connectivity index (χ1) is 11.6. The average molecular weight is 336 g/mol. The predicted molar refractivity (Wildman–Crippen MR) is 106 cm³/mol. The lowest BCUT2D eigenvalue weighted by atomic mass is 9.79. The fraction of sp³-hybridized carbons (Fsp3) is 0.409. The minimum absolute atomic E-state index is 0.748. The highest BCUT2D eigenvalue weighted by Gasteiger charge is 2.19. The van der Waals surface area contributed by atoms with Gasteiger partial charge in [-0.15, -0.1) is 0 Å². The van der Waals surface area contributed by atoms with Crippen molar-refractivity contribution < 1.29 is 0 Å². The topological polar surface area (TPSA) is 12.4 Å². The standard InChI is InChI=1S/C22H25NS/c1-15-4-6-18(7-5-15)19-8-10-20(11-9-19)21-12-16(2)22(23-14-24)17(3)13-21/h8-13,15,18H,4-7H2,1-3H3. The minimum atomic E-state index is 0.748. The summed E-state index contributed by atoms with van der Waals surface area (Å²) in [6.07, 6.45) is 5.41. The molecule has 0 radical (unpaired) electrons. The maximum Gasteiger partial charge on any atom is 0.0798 e. The Morgan fingerprint density at radius 2 is 1.50 bits per heavy atom. The Morgan fingerprint density at radius 1 is 0.917 bits per heavy atom.